The van der Waals surface area contributed by atoms with Gasteiger partial charge in [-0.05, 0) is 25.5 Å². The number of hydrogen-bond acceptors (Lipinski definition) is 3. The lowest BCUT2D eigenvalue weighted by Crippen LogP contribution is -2.57. The molecule has 2 rings (SSSR count). The van der Waals surface area contributed by atoms with Gasteiger partial charge in [0.25, 0.3) is 0 Å². The van der Waals surface area contributed by atoms with E-state index in [9.17, 15) is 9.59 Å². The van der Waals surface area contributed by atoms with E-state index >= 15 is 0 Å². The zero-order chi connectivity index (χ0) is 14.7. The summed E-state index contributed by atoms with van der Waals surface area (Å²) in [5.41, 5.74) is 0.717. The van der Waals surface area contributed by atoms with Gasteiger partial charge in [0.15, 0.2) is 0 Å². The van der Waals surface area contributed by atoms with Crippen LogP contribution >= 0.6 is 11.6 Å². The fourth-order valence-corrected chi connectivity index (χ4v) is 2.69. The fraction of sp³-hybridized carbons (Fsp3) is 0.429. The number of nitrogens with one attached hydrogen (secondary N) is 2. The fourth-order valence-electron chi connectivity index (χ4n) is 2.44. The highest BCUT2D eigenvalue weighted by Gasteiger charge is 2.41. The minimum atomic E-state index is -0.521. The lowest BCUT2D eigenvalue weighted by Gasteiger charge is -2.36. The highest BCUT2D eigenvalue weighted by molar-refractivity contribution is 6.31. The van der Waals surface area contributed by atoms with Gasteiger partial charge in [-0.3, -0.25) is 4.79 Å². The van der Waals surface area contributed by atoms with E-state index in [1.807, 2.05) is 6.07 Å². The molecule has 0 radical (unpaired) electrons. The molecule has 1 heterocycles. The van der Waals surface area contributed by atoms with Crippen molar-refractivity contribution in [2.75, 3.05) is 6.61 Å². The molecular formula is C14H17ClN2O3. The minimum absolute atomic E-state index is 0.297. The summed E-state index contributed by atoms with van der Waals surface area (Å²) in [5, 5.41) is 5.97. The molecule has 108 valence electrons. The first kappa shape index (κ1) is 14.7. The lowest BCUT2D eigenvalue weighted by molar-refractivity contribution is -0.150. The molecule has 1 aromatic carbocycles. The molecule has 20 heavy (non-hydrogen) atoms. The third-order valence-electron chi connectivity index (χ3n) is 3.34. The third kappa shape index (κ3) is 2.88. The number of halogens is 1. The van der Waals surface area contributed by atoms with Crippen molar-refractivity contribution < 1.29 is 14.3 Å². The molecule has 1 fully saturated rings. The Morgan fingerprint density at radius 3 is 2.70 bits per heavy atom. The summed E-state index contributed by atoms with van der Waals surface area (Å²) in [7, 11) is 0. The van der Waals surface area contributed by atoms with Crippen LogP contribution < -0.4 is 10.6 Å². The van der Waals surface area contributed by atoms with Gasteiger partial charge in [0.2, 0.25) is 0 Å². The second kappa shape index (κ2) is 6.13. The molecule has 0 aliphatic carbocycles. The van der Waals surface area contributed by atoms with Crippen LogP contribution in [0.15, 0.2) is 24.3 Å². The summed E-state index contributed by atoms with van der Waals surface area (Å²) in [5.74, 6) is -0.870. The number of hydrogen-bond donors (Lipinski definition) is 2. The second-order valence-electron chi connectivity index (χ2n) is 4.68. The zero-order valence-corrected chi connectivity index (χ0v) is 12.1. The molecular weight excluding hydrogens is 280 g/mol. The Bertz CT molecular complexity index is 521. The highest BCUT2D eigenvalue weighted by Crippen LogP contribution is 2.32. The van der Waals surface area contributed by atoms with Crippen LogP contribution in [0.1, 0.15) is 25.5 Å². The van der Waals surface area contributed by atoms with Crippen LogP contribution in [-0.4, -0.2) is 24.6 Å². The van der Waals surface area contributed by atoms with Crippen LogP contribution in [0.25, 0.3) is 0 Å². The van der Waals surface area contributed by atoms with E-state index in [-0.39, 0.29) is 18.0 Å². The molecule has 1 aliphatic rings. The summed E-state index contributed by atoms with van der Waals surface area (Å²) < 4.78 is 5.11. The average molecular weight is 297 g/mol. The summed E-state index contributed by atoms with van der Waals surface area (Å²) >= 11 is 6.18. The van der Waals surface area contributed by atoms with Crippen molar-refractivity contribution in [2.45, 2.75) is 25.9 Å². The van der Waals surface area contributed by atoms with E-state index in [0.29, 0.717) is 17.2 Å². The highest BCUT2D eigenvalue weighted by atomic mass is 35.5. The number of esters is 1. The summed E-state index contributed by atoms with van der Waals surface area (Å²) in [4.78, 5) is 23.8. The molecule has 0 saturated carbocycles. The Morgan fingerprint density at radius 1 is 1.35 bits per heavy atom. The van der Waals surface area contributed by atoms with Crippen molar-refractivity contribution in [3.63, 3.8) is 0 Å². The van der Waals surface area contributed by atoms with Crippen molar-refractivity contribution in [1.82, 2.24) is 10.6 Å². The molecule has 0 spiro atoms. The van der Waals surface area contributed by atoms with Crippen molar-refractivity contribution in [1.29, 1.82) is 0 Å². The number of carbonyl (C=O) groups is 2. The summed E-state index contributed by atoms with van der Waals surface area (Å²) in [6.45, 7) is 3.83. The predicted molar refractivity (Wildman–Crippen MR) is 75.4 cm³/mol. The average Bonchev–Trinajstić information content (AvgIpc) is 2.38. The van der Waals surface area contributed by atoms with Gasteiger partial charge in [0.1, 0.15) is 5.92 Å². The van der Waals surface area contributed by atoms with Gasteiger partial charge < -0.3 is 15.4 Å². The topological polar surface area (TPSA) is 67.4 Å². The largest absolute Gasteiger partial charge is 0.466 e. The Labute approximate surface area is 122 Å². The van der Waals surface area contributed by atoms with Gasteiger partial charge in [0.05, 0.1) is 12.6 Å². The van der Waals surface area contributed by atoms with Gasteiger partial charge >= 0.3 is 12.0 Å². The maximum absolute atomic E-state index is 12.2. The molecule has 5 nitrogen and oxygen atoms in total. The summed E-state index contributed by atoms with van der Waals surface area (Å²) in [6, 6.07) is 6.02. The van der Waals surface area contributed by atoms with Crippen LogP contribution in [0.3, 0.4) is 0 Å². The number of benzene rings is 1. The van der Waals surface area contributed by atoms with E-state index in [1.165, 1.54) is 0 Å². The molecule has 0 aromatic heterocycles. The summed E-state index contributed by atoms with van der Waals surface area (Å²) in [6.07, 6.45) is 0. The molecule has 1 aliphatic heterocycles. The monoisotopic (exact) mass is 296 g/mol. The lowest BCUT2D eigenvalue weighted by atomic mass is 9.86. The standard InChI is InChI=1S/C14H17ClN2O3/c1-3-20-13(18)11-8(2)16-14(19)17-12(11)9-6-4-5-7-10(9)15/h4-8,11-12H,3H2,1-2H3,(H2,16,17,19). The smallest absolute Gasteiger partial charge is 0.315 e. The first-order valence-corrected chi connectivity index (χ1v) is 6.90. The van der Waals surface area contributed by atoms with Crippen LogP contribution in [0.2, 0.25) is 5.02 Å². The molecule has 0 bridgehead atoms. The van der Waals surface area contributed by atoms with Crippen LogP contribution in [0.5, 0.6) is 0 Å². The molecule has 1 aromatic rings. The molecule has 3 atom stereocenters. The van der Waals surface area contributed by atoms with Gasteiger partial charge in [-0.1, -0.05) is 29.8 Å². The first-order valence-electron chi connectivity index (χ1n) is 6.52. The zero-order valence-electron chi connectivity index (χ0n) is 11.4. The van der Waals surface area contributed by atoms with Crippen molar-refractivity contribution in [3.05, 3.63) is 34.9 Å². The second-order valence-corrected chi connectivity index (χ2v) is 5.09. The van der Waals surface area contributed by atoms with E-state index in [4.69, 9.17) is 16.3 Å². The Morgan fingerprint density at radius 2 is 2.05 bits per heavy atom. The Hall–Kier alpha value is -1.75. The van der Waals surface area contributed by atoms with Crippen LogP contribution in [-0.2, 0) is 9.53 Å². The first-order chi connectivity index (χ1) is 9.54. The normalized spacial score (nSPS) is 25.6. The predicted octanol–water partition coefficient (Wildman–Crippen LogP) is 2.26. The molecule has 1 saturated heterocycles. The Balaban J connectivity index is 2.37. The quantitative estimate of drug-likeness (QED) is 0.841. The van der Waals surface area contributed by atoms with Gasteiger partial charge in [-0.25, -0.2) is 4.79 Å². The number of amides is 2. The molecule has 6 heteroatoms. The number of urea groups is 1. The van der Waals surface area contributed by atoms with E-state index in [1.54, 1.807) is 32.0 Å². The van der Waals surface area contributed by atoms with E-state index in [2.05, 4.69) is 10.6 Å². The molecule has 3 unspecified atom stereocenters. The SMILES string of the molecule is CCOC(=O)C1C(C)NC(=O)NC1c1ccccc1Cl. The Kier molecular flexibility index (Phi) is 4.49. The number of rotatable bonds is 3. The van der Waals surface area contributed by atoms with Crippen molar-refractivity contribution in [3.8, 4) is 0 Å². The minimum Gasteiger partial charge on any atom is -0.466 e. The van der Waals surface area contributed by atoms with Crippen molar-refractivity contribution in [2.24, 2.45) is 5.92 Å². The van der Waals surface area contributed by atoms with Gasteiger partial charge in [-0.2, -0.15) is 0 Å². The van der Waals surface area contributed by atoms with E-state index in [0.717, 1.165) is 0 Å². The molecule has 2 amide bonds. The van der Waals surface area contributed by atoms with Crippen LogP contribution in [0, 0.1) is 5.92 Å². The van der Waals surface area contributed by atoms with Gasteiger partial charge in [0, 0.05) is 11.1 Å². The van der Waals surface area contributed by atoms with Gasteiger partial charge in [-0.15, -0.1) is 0 Å². The van der Waals surface area contributed by atoms with Crippen LogP contribution in [0.4, 0.5) is 4.79 Å². The molecule has 2 N–H and O–H groups in total. The maximum Gasteiger partial charge on any atom is 0.315 e. The van der Waals surface area contributed by atoms with E-state index < -0.39 is 12.0 Å². The number of carbonyl (C=O) groups excluding carboxylic acids is 2. The maximum atomic E-state index is 12.2. The van der Waals surface area contributed by atoms with Crippen molar-refractivity contribution >= 4 is 23.6 Å². The number of ether oxygens (including phenoxy) is 1. The third-order valence-corrected chi connectivity index (χ3v) is 3.69.